The number of carbonyl (C=O) groups is 3. The lowest BCUT2D eigenvalue weighted by atomic mass is 9.90. The van der Waals surface area contributed by atoms with Gasteiger partial charge in [0, 0.05) is 11.1 Å². The minimum Gasteiger partial charge on any atom is -0.464 e. The number of ether oxygens (including phenoxy) is 7. The number of hydrogen-bond acceptors (Lipinski definition) is 10. The molecule has 0 atom stereocenters. The Hall–Kier alpha value is -3.31. The van der Waals surface area contributed by atoms with E-state index in [1.165, 1.54) is 0 Å². The molecule has 3 aliphatic rings. The van der Waals surface area contributed by atoms with Crippen LogP contribution in [0.15, 0.2) is 60.7 Å². The minimum atomic E-state index is -1.04. The molecule has 44 heavy (non-hydrogen) atoms. The van der Waals surface area contributed by atoms with Crippen LogP contribution >= 0.6 is 0 Å². The lowest BCUT2D eigenvalue weighted by Gasteiger charge is -2.38. The normalized spacial score (nSPS) is 29.1. The zero-order valence-electron chi connectivity index (χ0n) is 25.9. The highest BCUT2D eigenvalue weighted by Crippen LogP contribution is 2.46. The second-order valence-electron chi connectivity index (χ2n) is 13.5. The standard InChI is InChI=1S/C34H42O10/c1-31(17-42-28(35)32(2)15-16-32,18-43-29(36)33(3)20-38-26(39-21-33)24-11-7-5-8-12-24)19-44-30(37)34(4)22-40-27(41-23-34)25-13-9-6-10-14-25/h5-14,26-27H,15-23H2,1-4H3. The third-order valence-electron chi connectivity index (χ3n) is 8.49. The van der Waals surface area contributed by atoms with Gasteiger partial charge in [-0.15, -0.1) is 0 Å². The van der Waals surface area contributed by atoms with Crippen LogP contribution in [0.4, 0.5) is 0 Å². The van der Waals surface area contributed by atoms with Gasteiger partial charge >= 0.3 is 17.9 Å². The first kappa shape index (κ1) is 32.1. The summed E-state index contributed by atoms with van der Waals surface area (Å²) in [6.07, 6.45) is 0.387. The van der Waals surface area contributed by atoms with E-state index >= 15 is 0 Å². The van der Waals surface area contributed by atoms with Crippen LogP contribution in [0.1, 0.15) is 64.2 Å². The molecule has 2 heterocycles. The number of carbonyl (C=O) groups excluding carboxylic acids is 3. The Bertz CT molecular complexity index is 1210. The second-order valence-corrected chi connectivity index (χ2v) is 13.5. The summed E-state index contributed by atoms with van der Waals surface area (Å²) in [6.45, 7) is 7.05. The molecule has 0 radical (unpaired) electrons. The van der Waals surface area contributed by atoms with Crippen LogP contribution in [-0.4, -0.2) is 64.2 Å². The predicted molar refractivity (Wildman–Crippen MR) is 157 cm³/mol. The average molecular weight is 611 g/mol. The molecule has 10 nitrogen and oxygen atoms in total. The summed E-state index contributed by atoms with van der Waals surface area (Å²) in [4.78, 5) is 39.2. The van der Waals surface area contributed by atoms with Gasteiger partial charge in [-0.1, -0.05) is 60.7 Å². The molecule has 2 saturated heterocycles. The Labute approximate surface area is 258 Å². The Morgan fingerprint density at radius 1 is 0.614 bits per heavy atom. The number of esters is 3. The summed E-state index contributed by atoms with van der Waals surface area (Å²) in [5, 5.41) is 0. The summed E-state index contributed by atoms with van der Waals surface area (Å²) in [5.41, 5.74) is -1.86. The molecular formula is C34H42O10. The predicted octanol–water partition coefficient (Wildman–Crippen LogP) is 4.93. The fourth-order valence-electron chi connectivity index (χ4n) is 4.82. The van der Waals surface area contributed by atoms with Crippen LogP contribution in [0.2, 0.25) is 0 Å². The Morgan fingerprint density at radius 2 is 0.932 bits per heavy atom. The van der Waals surface area contributed by atoms with Gasteiger partial charge in [-0.2, -0.15) is 0 Å². The van der Waals surface area contributed by atoms with E-state index in [2.05, 4.69) is 0 Å². The lowest BCUT2D eigenvalue weighted by molar-refractivity contribution is -0.239. The second kappa shape index (κ2) is 13.0. The van der Waals surface area contributed by atoms with Crippen LogP contribution in [0, 0.1) is 21.7 Å². The molecule has 3 fully saturated rings. The molecule has 0 amide bonds. The monoisotopic (exact) mass is 610 g/mol. The smallest absolute Gasteiger partial charge is 0.316 e. The van der Waals surface area contributed by atoms with Crippen molar-refractivity contribution in [3.63, 3.8) is 0 Å². The molecule has 0 bridgehead atoms. The zero-order valence-corrected chi connectivity index (χ0v) is 25.9. The van der Waals surface area contributed by atoms with Gasteiger partial charge in [-0.3, -0.25) is 14.4 Å². The van der Waals surface area contributed by atoms with Crippen LogP contribution in [-0.2, 0) is 47.5 Å². The molecule has 1 saturated carbocycles. The third-order valence-corrected chi connectivity index (χ3v) is 8.49. The highest BCUT2D eigenvalue weighted by molar-refractivity contribution is 5.79. The minimum absolute atomic E-state index is 0.0957. The van der Waals surface area contributed by atoms with E-state index < -0.39 is 46.2 Å². The summed E-state index contributed by atoms with van der Waals surface area (Å²) >= 11 is 0. The molecule has 1 aliphatic carbocycles. The molecule has 2 aromatic rings. The molecular weight excluding hydrogens is 568 g/mol. The first-order chi connectivity index (χ1) is 20.9. The fourth-order valence-corrected chi connectivity index (χ4v) is 4.82. The van der Waals surface area contributed by atoms with Crippen molar-refractivity contribution in [1.82, 2.24) is 0 Å². The topological polar surface area (TPSA) is 116 Å². The molecule has 2 aromatic carbocycles. The van der Waals surface area contributed by atoms with E-state index in [0.29, 0.717) is 0 Å². The molecule has 0 aromatic heterocycles. The molecule has 10 heteroatoms. The van der Waals surface area contributed by atoms with E-state index in [4.69, 9.17) is 33.2 Å². The number of hydrogen-bond donors (Lipinski definition) is 0. The van der Waals surface area contributed by atoms with E-state index in [9.17, 15) is 14.4 Å². The summed E-state index contributed by atoms with van der Waals surface area (Å²) < 4.78 is 40.6. The molecule has 2 aliphatic heterocycles. The lowest BCUT2D eigenvalue weighted by Crippen LogP contribution is -2.47. The van der Waals surface area contributed by atoms with E-state index in [1.807, 2.05) is 67.6 Å². The van der Waals surface area contributed by atoms with Gasteiger partial charge in [-0.25, -0.2) is 0 Å². The highest BCUT2D eigenvalue weighted by atomic mass is 16.7. The van der Waals surface area contributed by atoms with Crippen LogP contribution in [0.5, 0.6) is 0 Å². The summed E-state index contributed by atoms with van der Waals surface area (Å²) in [5.74, 6) is -1.35. The third kappa shape index (κ3) is 7.48. The van der Waals surface area contributed by atoms with Crippen LogP contribution in [0.3, 0.4) is 0 Å². The van der Waals surface area contributed by atoms with Gasteiger partial charge in [0.1, 0.15) is 30.7 Å². The van der Waals surface area contributed by atoms with Gasteiger partial charge in [0.25, 0.3) is 0 Å². The van der Waals surface area contributed by atoms with E-state index in [0.717, 1.165) is 24.0 Å². The summed E-state index contributed by atoms with van der Waals surface area (Å²) in [7, 11) is 0. The Balaban J connectivity index is 1.17. The first-order valence-corrected chi connectivity index (χ1v) is 15.0. The van der Waals surface area contributed by atoms with Crippen molar-refractivity contribution < 1.29 is 47.5 Å². The van der Waals surface area contributed by atoms with Gasteiger partial charge in [-0.05, 0) is 40.5 Å². The zero-order chi connectivity index (χ0) is 31.4. The van der Waals surface area contributed by atoms with Crippen molar-refractivity contribution in [3.8, 4) is 0 Å². The fraction of sp³-hybridized carbons (Fsp3) is 0.559. The SMILES string of the molecule is CC(COC(=O)C1(C)CC1)(COC(=O)C1(C)COC(c2ccccc2)OC1)COC(=O)C1(C)COC(c2ccccc2)OC1. The first-order valence-electron chi connectivity index (χ1n) is 15.0. The maximum absolute atomic E-state index is 13.3. The van der Waals surface area contributed by atoms with Crippen LogP contribution in [0.25, 0.3) is 0 Å². The maximum atomic E-state index is 13.3. The van der Waals surface area contributed by atoms with Gasteiger partial charge < -0.3 is 33.2 Å². The Kier molecular flexibility index (Phi) is 9.46. The van der Waals surface area contributed by atoms with Crippen molar-refractivity contribution in [2.75, 3.05) is 46.2 Å². The molecule has 0 unspecified atom stereocenters. The van der Waals surface area contributed by atoms with Crippen molar-refractivity contribution in [1.29, 1.82) is 0 Å². The van der Waals surface area contributed by atoms with Crippen molar-refractivity contribution in [2.45, 2.75) is 53.1 Å². The quantitative estimate of drug-likeness (QED) is 0.256. The summed E-state index contributed by atoms with van der Waals surface area (Å²) in [6, 6.07) is 19.0. The molecule has 5 rings (SSSR count). The van der Waals surface area contributed by atoms with Gasteiger partial charge in [0.2, 0.25) is 0 Å². The maximum Gasteiger partial charge on any atom is 0.316 e. The number of benzene rings is 2. The Morgan fingerprint density at radius 3 is 1.25 bits per heavy atom. The average Bonchev–Trinajstić information content (AvgIpc) is 3.81. The van der Waals surface area contributed by atoms with Crippen molar-refractivity contribution in [3.05, 3.63) is 71.8 Å². The van der Waals surface area contributed by atoms with Crippen molar-refractivity contribution >= 4 is 17.9 Å². The largest absolute Gasteiger partial charge is 0.464 e. The highest BCUT2D eigenvalue weighted by Gasteiger charge is 2.48. The molecule has 0 spiro atoms. The van der Waals surface area contributed by atoms with Crippen molar-refractivity contribution in [2.24, 2.45) is 21.7 Å². The molecule has 238 valence electrons. The van der Waals surface area contributed by atoms with Crippen LogP contribution < -0.4 is 0 Å². The molecule has 0 N–H and O–H groups in total. The number of rotatable bonds is 11. The van der Waals surface area contributed by atoms with E-state index in [-0.39, 0.29) is 52.2 Å². The van der Waals surface area contributed by atoms with Gasteiger partial charge in [0.15, 0.2) is 12.6 Å². The van der Waals surface area contributed by atoms with Gasteiger partial charge in [0.05, 0.1) is 37.3 Å². The van der Waals surface area contributed by atoms with E-state index in [1.54, 1.807) is 20.8 Å².